The topological polar surface area (TPSA) is 76.4 Å². The maximum absolute atomic E-state index is 12.6. The molecule has 0 unspecified atom stereocenters. The van der Waals surface area contributed by atoms with Crippen LogP contribution in [0.3, 0.4) is 0 Å². The van der Waals surface area contributed by atoms with Crippen LogP contribution in [0, 0.1) is 39.9 Å². The first-order chi connectivity index (χ1) is 12.8. The first kappa shape index (κ1) is 19.9. The molecule has 0 aromatic heterocycles. The van der Waals surface area contributed by atoms with E-state index in [4.69, 9.17) is 9.47 Å². The quantitative estimate of drug-likeness (QED) is 0.548. The normalized spacial score (nSPS) is 40.6. The van der Waals surface area contributed by atoms with Crippen LogP contribution in [0.2, 0.25) is 0 Å². The lowest BCUT2D eigenvalue weighted by Gasteiger charge is -2.57. The molecule has 0 aromatic rings. The third kappa shape index (κ3) is 3.28. The minimum absolute atomic E-state index is 0.0165. The maximum Gasteiger partial charge on any atom is 0.311 e. The molecule has 0 saturated heterocycles. The molecule has 0 amide bonds. The molecule has 0 bridgehead atoms. The molecule has 0 aromatic carbocycles. The summed E-state index contributed by atoms with van der Waals surface area (Å²) in [7, 11) is 1.44. The molecule has 0 heterocycles. The van der Waals surface area contributed by atoms with E-state index in [1.54, 1.807) is 0 Å². The van der Waals surface area contributed by atoms with E-state index >= 15 is 0 Å². The van der Waals surface area contributed by atoms with E-state index in [0.29, 0.717) is 18.3 Å². The highest BCUT2D eigenvalue weighted by atomic mass is 16.5. The first-order valence-electron chi connectivity index (χ1n) is 10.1. The lowest BCUT2D eigenvalue weighted by atomic mass is 9.47. The molecule has 3 rings (SSSR count). The van der Waals surface area contributed by atoms with Crippen molar-refractivity contribution >= 4 is 11.9 Å². The SMILES string of the molecule is COC(=O)[C@@]1(C)CC[C@H]2[C@@H](CC=C3C[C@@H](OC(C)=O)CC[C@@]32C)[C@@H]1CC#N. The molecule has 2 saturated carbocycles. The third-order valence-electron chi connectivity index (χ3n) is 7.74. The molecule has 27 heavy (non-hydrogen) atoms. The van der Waals surface area contributed by atoms with Gasteiger partial charge in [0.2, 0.25) is 0 Å². The zero-order valence-corrected chi connectivity index (χ0v) is 16.9. The van der Waals surface area contributed by atoms with Crippen LogP contribution < -0.4 is 0 Å². The fourth-order valence-corrected chi connectivity index (χ4v) is 6.24. The summed E-state index contributed by atoms with van der Waals surface area (Å²) in [5, 5.41) is 9.44. The van der Waals surface area contributed by atoms with Gasteiger partial charge < -0.3 is 9.47 Å². The van der Waals surface area contributed by atoms with Gasteiger partial charge in [0.25, 0.3) is 0 Å². The molecular weight excluding hydrogens is 342 g/mol. The number of allylic oxidation sites excluding steroid dienone is 1. The molecular formula is C22H31NO4. The van der Waals surface area contributed by atoms with Gasteiger partial charge in [-0.3, -0.25) is 9.59 Å². The number of fused-ring (bicyclic) bond motifs is 3. The number of esters is 2. The summed E-state index contributed by atoms with van der Waals surface area (Å²) in [5.41, 5.74) is 0.895. The number of hydrogen-bond donors (Lipinski definition) is 0. The van der Waals surface area contributed by atoms with Gasteiger partial charge in [-0.2, -0.15) is 5.26 Å². The van der Waals surface area contributed by atoms with Crippen molar-refractivity contribution in [1.82, 2.24) is 0 Å². The number of carbonyl (C=O) groups excluding carboxylic acids is 2. The second-order valence-electron chi connectivity index (χ2n) is 9.04. The summed E-state index contributed by atoms with van der Waals surface area (Å²) in [6.07, 6.45) is 8.01. The van der Waals surface area contributed by atoms with E-state index in [-0.39, 0.29) is 29.4 Å². The Morgan fingerprint density at radius 3 is 2.67 bits per heavy atom. The highest BCUT2D eigenvalue weighted by Gasteiger charge is 2.57. The average Bonchev–Trinajstić information content (AvgIpc) is 2.63. The third-order valence-corrected chi connectivity index (χ3v) is 7.74. The Morgan fingerprint density at radius 2 is 2.04 bits per heavy atom. The molecule has 148 valence electrons. The van der Waals surface area contributed by atoms with Crippen molar-refractivity contribution in [2.75, 3.05) is 7.11 Å². The van der Waals surface area contributed by atoms with E-state index in [1.807, 2.05) is 6.92 Å². The van der Waals surface area contributed by atoms with E-state index < -0.39 is 5.41 Å². The molecule has 3 aliphatic carbocycles. The van der Waals surface area contributed by atoms with Gasteiger partial charge in [0.05, 0.1) is 18.6 Å². The fraction of sp³-hybridized carbons (Fsp3) is 0.773. The van der Waals surface area contributed by atoms with Crippen molar-refractivity contribution in [2.45, 2.75) is 71.8 Å². The summed E-state index contributed by atoms with van der Waals surface area (Å²) in [6.45, 7) is 5.79. The Hall–Kier alpha value is -1.83. The smallest absolute Gasteiger partial charge is 0.311 e. The zero-order valence-electron chi connectivity index (χ0n) is 16.9. The highest BCUT2D eigenvalue weighted by Crippen LogP contribution is 2.62. The fourth-order valence-electron chi connectivity index (χ4n) is 6.24. The largest absolute Gasteiger partial charge is 0.469 e. The lowest BCUT2D eigenvalue weighted by molar-refractivity contribution is -0.164. The Kier molecular flexibility index (Phi) is 5.38. The van der Waals surface area contributed by atoms with E-state index in [0.717, 1.165) is 38.5 Å². The molecule has 0 radical (unpaired) electrons. The lowest BCUT2D eigenvalue weighted by Crippen LogP contribution is -2.53. The second kappa shape index (κ2) is 7.30. The Bertz CT molecular complexity index is 693. The standard InChI is InChI=1S/C22H31NO4/c1-14(24)27-16-7-10-21(2)15(13-16)5-6-17-18(21)8-11-22(3,20(25)26-4)19(17)9-12-23/h5,16-19H,6-11,13H2,1-4H3/t16-,17+,18-,19-,21-,22-/m0/s1. The van der Waals surface area contributed by atoms with Crippen LogP contribution in [0.1, 0.15) is 65.7 Å². The van der Waals surface area contributed by atoms with Crippen molar-refractivity contribution in [2.24, 2.45) is 28.6 Å². The van der Waals surface area contributed by atoms with Crippen LogP contribution in [-0.4, -0.2) is 25.2 Å². The molecule has 3 aliphatic rings. The minimum atomic E-state index is -0.581. The predicted octanol–water partition coefficient (Wildman–Crippen LogP) is 4.17. The number of nitriles is 1. The summed E-state index contributed by atoms with van der Waals surface area (Å²) < 4.78 is 10.6. The first-order valence-corrected chi connectivity index (χ1v) is 10.1. The zero-order chi connectivity index (χ0) is 19.8. The summed E-state index contributed by atoms with van der Waals surface area (Å²) >= 11 is 0. The summed E-state index contributed by atoms with van der Waals surface area (Å²) in [6, 6.07) is 2.33. The van der Waals surface area contributed by atoms with Crippen molar-refractivity contribution in [1.29, 1.82) is 5.26 Å². The Labute approximate surface area is 162 Å². The predicted molar refractivity (Wildman–Crippen MR) is 100 cm³/mol. The van der Waals surface area contributed by atoms with Crippen molar-refractivity contribution in [3.05, 3.63) is 11.6 Å². The van der Waals surface area contributed by atoms with E-state index in [1.165, 1.54) is 19.6 Å². The average molecular weight is 373 g/mol. The van der Waals surface area contributed by atoms with Gasteiger partial charge in [0, 0.05) is 19.8 Å². The Balaban J connectivity index is 1.89. The van der Waals surface area contributed by atoms with E-state index in [9.17, 15) is 14.9 Å². The van der Waals surface area contributed by atoms with Crippen LogP contribution in [0.4, 0.5) is 0 Å². The van der Waals surface area contributed by atoms with Crippen LogP contribution in [-0.2, 0) is 19.1 Å². The van der Waals surface area contributed by atoms with Gasteiger partial charge in [0.1, 0.15) is 6.10 Å². The maximum atomic E-state index is 12.6. The van der Waals surface area contributed by atoms with Crippen LogP contribution in [0.25, 0.3) is 0 Å². The summed E-state index contributed by atoms with van der Waals surface area (Å²) in [5.74, 6) is 0.418. The number of nitrogens with zero attached hydrogens (tertiary/aromatic N) is 1. The Morgan fingerprint density at radius 1 is 1.30 bits per heavy atom. The number of carbonyl (C=O) groups is 2. The number of ether oxygens (including phenoxy) is 2. The highest BCUT2D eigenvalue weighted by molar-refractivity contribution is 5.77. The van der Waals surface area contributed by atoms with Gasteiger partial charge in [-0.15, -0.1) is 0 Å². The van der Waals surface area contributed by atoms with Gasteiger partial charge in [-0.25, -0.2) is 0 Å². The van der Waals surface area contributed by atoms with Crippen LogP contribution >= 0.6 is 0 Å². The molecule has 2 fully saturated rings. The molecule has 5 heteroatoms. The van der Waals surface area contributed by atoms with Crippen LogP contribution in [0.15, 0.2) is 11.6 Å². The monoisotopic (exact) mass is 373 g/mol. The van der Waals surface area contributed by atoms with E-state index in [2.05, 4.69) is 19.1 Å². The second-order valence-corrected chi connectivity index (χ2v) is 9.04. The van der Waals surface area contributed by atoms with Crippen molar-refractivity contribution < 1.29 is 19.1 Å². The van der Waals surface area contributed by atoms with Gasteiger partial charge in [0.15, 0.2) is 0 Å². The molecule has 0 aliphatic heterocycles. The van der Waals surface area contributed by atoms with Gasteiger partial charge in [-0.1, -0.05) is 18.6 Å². The van der Waals surface area contributed by atoms with Crippen molar-refractivity contribution in [3.8, 4) is 6.07 Å². The number of rotatable bonds is 3. The molecule has 6 atom stereocenters. The van der Waals surface area contributed by atoms with Crippen LogP contribution in [0.5, 0.6) is 0 Å². The van der Waals surface area contributed by atoms with Crippen molar-refractivity contribution in [3.63, 3.8) is 0 Å². The van der Waals surface area contributed by atoms with Gasteiger partial charge >= 0.3 is 11.9 Å². The number of hydrogen-bond acceptors (Lipinski definition) is 5. The van der Waals surface area contributed by atoms with Gasteiger partial charge in [-0.05, 0) is 62.2 Å². The minimum Gasteiger partial charge on any atom is -0.469 e. The molecule has 5 nitrogen and oxygen atoms in total. The molecule has 0 N–H and O–H groups in total. The molecule has 0 spiro atoms. The summed E-state index contributed by atoms with van der Waals surface area (Å²) in [4.78, 5) is 23.9. The number of methoxy groups -OCH3 is 1.